The van der Waals surface area contributed by atoms with Gasteiger partial charge in [-0.3, -0.25) is 13.9 Å². The van der Waals surface area contributed by atoms with Gasteiger partial charge in [-0.2, -0.15) is 16.8 Å². The molecule has 0 atom stereocenters. The lowest BCUT2D eigenvalue weighted by molar-refractivity contribution is 0.103. The Kier molecular flexibility index (Phi) is 5.57. The number of rotatable bonds is 6. The van der Waals surface area contributed by atoms with Crippen LogP contribution >= 0.6 is 0 Å². The number of ketones is 1. The first-order valence-corrected chi connectivity index (χ1v) is 10.0. The molecule has 0 spiro atoms. The molecule has 0 unspecified atom stereocenters. The third kappa shape index (κ3) is 3.87. The standard InChI is InChI=1S/C15H14O11S2/c1-25-9-4-3-7(5-10(9)27(19,20)21)12(16)8-6-11(28(22,23)24)15(26-2)14(18)13(8)17/h3-6,17-18H,1-2H3,(H,19,20,21)(H,22,23,24). The number of phenolic OH excluding ortho intramolecular Hbond substituents is 2. The molecular formula is C15H14O11S2. The Labute approximate surface area is 159 Å². The molecule has 0 saturated carbocycles. The van der Waals surface area contributed by atoms with Gasteiger partial charge >= 0.3 is 0 Å². The molecule has 4 N–H and O–H groups in total. The fourth-order valence-corrected chi connectivity index (χ4v) is 3.72. The number of methoxy groups -OCH3 is 2. The summed E-state index contributed by atoms with van der Waals surface area (Å²) in [6.45, 7) is 0. The van der Waals surface area contributed by atoms with E-state index in [2.05, 4.69) is 4.74 Å². The molecule has 0 aliphatic carbocycles. The first kappa shape index (κ1) is 21.4. The number of aromatic hydroxyl groups is 2. The quantitative estimate of drug-likeness (QED) is 0.287. The van der Waals surface area contributed by atoms with Gasteiger partial charge in [-0.05, 0) is 24.3 Å². The summed E-state index contributed by atoms with van der Waals surface area (Å²) in [5.41, 5.74) is -1.19. The van der Waals surface area contributed by atoms with Gasteiger partial charge < -0.3 is 19.7 Å². The van der Waals surface area contributed by atoms with Gasteiger partial charge in [0.15, 0.2) is 17.3 Å². The van der Waals surface area contributed by atoms with Crippen LogP contribution in [0.3, 0.4) is 0 Å². The predicted molar refractivity (Wildman–Crippen MR) is 92.4 cm³/mol. The van der Waals surface area contributed by atoms with E-state index < -0.39 is 64.2 Å². The molecule has 2 aromatic rings. The monoisotopic (exact) mass is 434 g/mol. The molecule has 28 heavy (non-hydrogen) atoms. The van der Waals surface area contributed by atoms with Gasteiger partial charge in [0.1, 0.15) is 15.5 Å². The van der Waals surface area contributed by atoms with E-state index in [1.165, 1.54) is 0 Å². The summed E-state index contributed by atoms with van der Waals surface area (Å²) in [7, 11) is -7.69. The summed E-state index contributed by atoms with van der Waals surface area (Å²) >= 11 is 0. The Morgan fingerprint density at radius 1 is 0.857 bits per heavy atom. The van der Waals surface area contributed by atoms with Crippen molar-refractivity contribution in [3.63, 3.8) is 0 Å². The fraction of sp³-hybridized carbons (Fsp3) is 0.133. The number of phenols is 2. The molecule has 0 fully saturated rings. The maximum Gasteiger partial charge on any atom is 0.298 e. The van der Waals surface area contributed by atoms with E-state index in [9.17, 15) is 40.9 Å². The van der Waals surface area contributed by atoms with E-state index in [1.54, 1.807) is 0 Å². The number of hydrogen-bond acceptors (Lipinski definition) is 9. The first-order valence-electron chi connectivity index (χ1n) is 7.13. The van der Waals surface area contributed by atoms with Gasteiger partial charge in [0, 0.05) is 5.56 Å². The zero-order chi connectivity index (χ0) is 21.4. The average molecular weight is 434 g/mol. The van der Waals surface area contributed by atoms with Gasteiger partial charge in [0.2, 0.25) is 5.75 Å². The number of hydrogen-bond donors (Lipinski definition) is 4. The van der Waals surface area contributed by atoms with Crippen LogP contribution < -0.4 is 9.47 Å². The number of carbonyl (C=O) groups excluding carboxylic acids is 1. The average Bonchev–Trinajstić information content (AvgIpc) is 2.60. The molecule has 0 aromatic heterocycles. The molecular weight excluding hydrogens is 420 g/mol. The molecule has 0 aliphatic heterocycles. The second-order valence-corrected chi connectivity index (χ2v) is 8.08. The molecule has 0 amide bonds. The highest BCUT2D eigenvalue weighted by Gasteiger charge is 2.29. The van der Waals surface area contributed by atoms with Crippen LogP contribution in [0, 0.1) is 0 Å². The van der Waals surface area contributed by atoms with Crippen molar-refractivity contribution in [2.75, 3.05) is 14.2 Å². The minimum atomic E-state index is -4.97. The number of carbonyl (C=O) groups is 1. The molecule has 2 aromatic carbocycles. The Morgan fingerprint density at radius 2 is 1.43 bits per heavy atom. The predicted octanol–water partition coefficient (Wildman–Crippen LogP) is 0.839. The first-order chi connectivity index (χ1) is 12.8. The third-order valence-corrected chi connectivity index (χ3v) is 5.36. The topological polar surface area (TPSA) is 185 Å². The van der Waals surface area contributed by atoms with Crippen LogP contribution in [0.25, 0.3) is 0 Å². The van der Waals surface area contributed by atoms with Crippen LogP contribution in [0.2, 0.25) is 0 Å². The van der Waals surface area contributed by atoms with Crippen molar-refractivity contribution in [1.29, 1.82) is 0 Å². The molecule has 0 saturated heterocycles. The number of benzene rings is 2. The zero-order valence-corrected chi connectivity index (χ0v) is 15.9. The fourth-order valence-electron chi connectivity index (χ4n) is 2.35. The Hall–Kier alpha value is -2.87. The molecule has 152 valence electrons. The second-order valence-electron chi connectivity index (χ2n) is 5.30. The van der Waals surface area contributed by atoms with Crippen molar-refractivity contribution in [1.82, 2.24) is 0 Å². The zero-order valence-electron chi connectivity index (χ0n) is 14.3. The smallest absolute Gasteiger partial charge is 0.298 e. The molecule has 0 radical (unpaired) electrons. The largest absolute Gasteiger partial charge is 0.504 e. The van der Waals surface area contributed by atoms with Gasteiger partial charge in [-0.25, -0.2) is 0 Å². The van der Waals surface area contributed by atoms with Crippen LogP contribution in [0.4, 0.5) is 0 Å². The Morgan fingerprint density at radius 3 is 1.89 bits per heavy atom. The van der Waals surface area contributed by atoms with E-state index in [-0.39, 0.29) is 5.75 Å². The molecule has 13 heteroatoms. The van der Waals surface area contributed by atoms with E-state index in [0.717, 1.165) is 32.4 Å². The van der Waals surface area contributed by atoms with E-state index in [0.29, 0.717) is 6.07 Å². The van der Waals surface area contributed by atoms with Crippen LogP contribution in [-0.2, 0) is 20.2 Å². The van der Waals surface area contributed by atoms with Crippen molar-refractivity contribution >= 4 is 26.0 Å². The maximum absolute atomic E-state index is 12.7. The second kappa shape index (κ2) is 7.27. The van der Waals surface area contributed by atoms with Gasteiger partial charge in [-0.15, -0.1) is 0 Å². The summed E-state index contributed by atoms with van der Waals surface area (Å²) in [6, 6.07) is 3.39. The minimum Gasteiger partial charge on any atom is -0.504 e. The van der Waals surface area contributed by atoms with E-state index in [1.807, 2.05) is 0 Å². The third-order valence-electron chi connectivity index (χ3n) is 3.62. The SMILES string of the molecule is COc1ccc(C(=O)c2cc(S(=O)(=O)O)c(OC)c(O)c2O)cc1S(=O)(=O)O. The van der Waals surface area contributed by atoms with Crippen LogP contribution in [0.5, 0.6) is 23.0 Å². The highest BCUT2D eigenvalue weighted by molar-refractivity contribution is 7.86. The van der Waals surface area contributed by atoms with Gasteiger partial charge in [0.25, 0.3) is 20.2 Å². The summed E-state index contributed by atoms with van der Waals surface area (Å²) in [4.78, 5) is 10.9. The molecule has 11 nitrogen and oxygen atoms in total. The minimum absolute atomic E-state index is 0.278. The maximum atomic E-state index is 12.7. The lowest BCUT2D eigenvalue weighted by Gasteiger charge is -2.13. The van der Waals surface area contributed by atoms with Crippen molar-refractivity contribution in [2.45, 2.75) is 9.79 Å². The van der Waals surface area contributed by atoms with Crippen molar-refractivity contribution in [3.8, 4) is 23.0 Å². The highest BCUT2D eigenvalue weighted by Crippen LogP contribution is 2.43. The Bertz CT molecular complexity index is 1160. The van der Waals surface area contributed by atoms with Crippen molar-refractivity contribution < 1.29 is 50.4 Å². The normalized spacial score (nSPS) is 11.9. The van der Waals surface area contributed by atoms with Crippen molar-refractivity contribution in [2.24, 2.45) is 0 Å². The van der Waals surface area contributed by atoms with Crippen LogP contribution in [0.1, 0.15) is 15.9 Å². The van der Waals surface area contributed by atoms with Crippen LogP contribution in [-0.4, -0.2) is 56.2 Å². The molecule has 0 aliphatic rings. The van der Waals surface area contributed by atoms with Crippen LogP contribution in [0.15, 0.2) is 34.1 Å². The van der Waals surface area contributed by atoms with E-state index in [4.69, 9.17) is 4.74 Å². The molecule has 0 bridgehead atoms. The van der Waals surface area contributed by atoms with Gasteiger partial charge in [-0.1, -0.05) is 0 Å². The number of ether oxygens (including phenoxy) is 2. The summed E-state index contributed by atoms with van der Waals surface area (Å²) < 4.78 is 73.9. The van der Waals surface area contributed by atoms with E-state index >= 15 is 0 Å². The molecule has 0 heterocycles. The molecule has 2 rings (SSSR count). The Balaban J connectivity index is 2.77. The summed E-state index contributed by atoms with van der Waals surface area (Å²) in [5.74, 6) is -4.42. The van der Waals surface area contributed by atoms with Crippen molar-refractivity contribution in [3.05, 3.63) is 35.4 Å². The lowest BCUT2D eigenvalue weighted by atomic mass is 10.0. The highest BCUT2D eigenvalue weighted by atomic mass is 32.2. The summed E-state index contributed by atoms with van der Waals surface area (Å²) in [6.07, 6.45) is 0. The lowest BCUT2D eigenvalue weighted by Crippen LogP contribution is -2.09. The van der Waals surface area contributed by atoms with Gasteiger partial charge in [0.05, 0.1) is 19.8 Å². The summed E-state index contributed by atoms with van der Waals surface area (Å²) in [5, 5.41) is 20.0.